The summed E-state index contributed by atoms with van der Waals surface area (Å²) in [5, 5.41) is 9.07. The summed E-state index contributed by atoms with van der Waals surface area (Å²) in [5.41, 5.74) is 0.437. The lowest BCUT2D eigenvalue weighted by molar-refractivity contribution is 0.592. The van der Waals surface area contributed by atoms with Gasteiger partial charge in [-0.15, -0.1) is 11.3 Å². The van der Waals surface area contributed by atoms with Gasteiger partial charge in [-0.1, -0.05) is 13.8 Å². The first-order chi connectivity index (χ1) is 6.88. The first-order valence-corrected chi connectivity index (χ1v) is 6.56. The molecule has 1 aromatic heterocycles. The molecule has 0 amide bonds. The van der Waals surface area contributed by atoms with Crippen LogP contribution in [0, 0.1) is 18.4 Å². The maximum absolute atomic E-state index is 11.5. The summed E-state index contributed by atoms with van der Waals surface area (Å²) >= 11 is 1.10. The highest BCUT2D eigenvalue weighted by atomic mass is 32.2. The van der Waals surface area contributed by atoms with Crippen molar-refractivity contribution in [2.75, 3.05) is 0 Å². The molecule has 0 atom stereocenters. The number of hydrogen-bond donors (Lipinski definition) is 1. The fourth-order valence-corrected chi connectivity index (χ4v) is 3.27. The molecule has 0 aliphatic carbocycles. The summed E-state index contributed by atoms with van der Waals surface area (Å²) in [6.45, 7) is 5.49. The molecular weight excluding hydrogens is 234 g/mol. The van der Waals surface area contributed by atoms with Crippen LogP contribution in [0.3, 0.4) is 0 Å². The highest BCUT2D eigenvalue weighted by Crippen LogP contribution is 2.27. The van der Waals surface area contributed by atoms with Gasteiger partial charge in [0.05, 0.1) is 10.7 Å². The molecular formula is C8H11N3O2S2. The van der Waals surface area contributed by atoms with Crippen LogP contribution < -0.4 is 4.72 Å². The molecule has 0 radical (unpaired) electrons. The molecule has 0 bridgehead atoms. The van der Waals surface area contributed by atoms with E-state index >= 15 is 0 Å². The number of nitrogens with zero attached hydrogens (tertiary/aromatic N) is 2. The number of nitrogens with one attached hydrogen (secondary N) is 1. The Hall–Kier alpha value is -1.13. The second-order valence-electron chi connectivity index (χ2n) is 3.30. The normalized spacial score (nSPS) is 11.4. The summed E-state index contributed by atoms with van der Waals surface area (Å²) in [6, 6.07) is 0. The molecule has 82 valence electrons. The van der Waals surface area contributed by atoms with Crippen LogP contribution in [-0.2, 0) is 10.0 Å². The van der Waals surface area contributed by atoms with Gasteiger partial charge in [0.1, 0.15) is 0 Å². The second-order valence-corrected chi connectivity index (χ2v) is 6.21. The standard InChI is InChI=1S/C8H11N3O2S2/c1-5(2)7-11-6(3)8(14-7)15(12,13)10-4-9/h5,10H,1-3H3. The van der Waals surface area contributed by atoms with Crippen molar-refractivity contribution in [1.82, 2.24) is 9.71 Å². The molecule has 0 saturated carbocycles. The minimum absolute atomic E-state index is 0.118. The van der Waals surface area contributed by atoms with Gasteiger partial charge >= 0.3 is 0 Å². The summed E-state index contributed by atoms with van der Waals surface area (Å²) in [6.07, 6.45) is 1.41. The van der Waals surface area contributed by atoms with Crippen molar-refractivity contribution in [2.24, 2.45) is 0 Å². The van der Waals surface area contributed by atoms with Gasteiger partial charge < -0.3 is 0 Å². The predicted octanol–water partition coefficient (Wildman–Crippen LogP) is 1.33. The van der Waals surface area contributed by atoms with Crippen LogP contribution in [0.15, 0.2) is 4.21 Å². The van der Waals surface area contributed by atoms with Crippen LogP contribution in [0.2, 0.25) is 0 Å². The Labute approximate surface area is 92.8 Å². The minimum Gasteiger partial charge on any atom is -0.245 e. The third-order valence-corrected chi connectivity index (χ3v) is 4.99. The first kappa shape index (κ1) is 11.9. The molecule has 0 unspecified atom stereocenters. The highest BCUT2D eigenvalue weighted by molar-refractivity contribution is 7.91. The van der Waals surface area contributed by atoms with Crippen LogP contribution in [0.1, 0.15) is 30.5 Å². The molecule has 1 heterocycles. The van der Waals surface area contributed by atoms with Crippen molar-refractivity contribution in [3.05, 3.63) is 10.7 Å². The number of aromatic nitrogens is 1. The Kier molecular flexibility index (Phi) is 3.31. The number of aryl methyl sites for hydroxylation is 1. The summed E-state index contributed by atoms with van der Waals surface area (Å²) in [5.74, 6) is 0.180. The van der Waals surface area contributed by atoms with E-state index in [1.54, 1.807) is 11.6 Å². The average molecular weight is 245 g/mol. The van der Waals surface area contributed by atoms with E-state index in [0.717, 1.165) is 16.3 Å². The van der Waals surface area contributed by atoms with Crippen molar-refractivity contribution in [1.29, 1.82) is 5.26 Å². The van der Waals surface area contributed by atoms with Gasteiger partial charge in [0, 0.05) is 5.92 Å². The summed E-state index contributed by atoms with van der Waals surface area (Å²) in [7, 11) is -3.71. The molecule has 0 saturated heterocycles. The van der Waals surface area contributed by atoms with Gasteiger partial charge in [-0.3, -0.25) is 0 Å². The number of hydrogen-bond acceptors (Lipinski definition) is 5. The number of thiazole rings is 1. The van der Waals surface area contributed by atoms with Gasteiger partial charge in [-0.2, -0.15) is 13.7 Å². The molecule has 5 nitrogen and oxygen atoms in total. The minimum atomic E-state index is -3.71. The van der Waals surface area contributed by atoms with Crippen molar-refractivity contribution in [3.63, 3.8) is 0 Å². The smallest absolute Gasteiger partial charge is 0.245 e. The molecule has 1 rings (SSSR count). The molecule has 0 fully saturated rings. The Morgan fingerprint density at radius 3 is 2.53 bits per heavy atom. The summed E-state index contributed by atoms with van der Waals surface area (Å²) < 4.78 is 24.9. The molecule has 0 aromatic carbocycles. The fraction of sp³-hybridized carbons (Fsp3) is 0.500. The Bertz CT molecular complexity index is 496. The van der Waals surface area contributed by atoms with E-state index in [1.165, 1.54) is 6.19 Å². The molecule has 0 spiro atoms. The Balaban J connectivity index is 3.23. The van der Waals surface area contributed by atoms with E-state index in [2.05, 4.69) is 4.98 Å². The molecule has 0 aliphatic heterocycles. The number of sulfonamides is 1. The van der Waals surface area contributed by atoms with Gasteiger partial charge in [-0.05, 0) is 6.92 Å². The van der Waals surface area contributed by atoms with E-state index in [0.29, 0.717) is 5.69 Å². The van der Waals surface area contributed by atoms with Gasteiger partial charge in [0.2, 0.25) is 0 Å². The largest absolute Gasteiger partial charge is 0.281 e. The zero-order valence-electron chi connectivity index (χ0n) is 8.60. The van der Waals surface area contributed by atoms with Crippen LogP contribution >= 0.6 is 11.3 Å². The van der Waals surface area contributed by atoms with E-state index < -0.39 is 10.0 Å². The van der Waals surface area contributed by atoms with Crippen molar-refractivity contribution < 1.29 is 8.42 Å². The zero-order chi connectivity index (χ0) is 11.6. The van der Waals surface area contributed by atoms with Crippen molar-refractivity contribution >= 4 is 21.4 Å². The van der Waals surface area contributed by atoms with Crippen LogP contribution in [-0.4, -0.2) is 13.4 Å². The second kappa shape index (κ2) is 4.16. The van der Waals surface area contributed by atoms with E-state index in [4.69, 9.17) is 5.26 Å². The predicted molar refractivity (Wildman–Crippen MR) is 56.9 cm³/mol. The monoisotopic (exact) mass is 245 g/mol. The molecule has 7 heteroatoms. The van der Waals surface area contributed by atoms with Gasteiger partial charge in [0.25, 0.3) is 10.0 Å². The topological polar surface area (TPSA) is 82.8 Å². The average Bonchev–Trinajstić information content (AvgIpc) is 2.47. The van der Waals surface area contributed by atoms with Crippen LogP contribution in [0.5, 0.6) is 0 Å². The van der Waals surface area contributed by atoms with Gasteiger partial charge in [0.15, 0.2) is 10.4 Å². The zero-order valence-corrected chi connectivity index (χ0v) is 10.2. The Morgan fingerprint density at radius 2 is 2.13 bits per heavy atom. The lowest BCUT2D eigenvalue weighted by Gasteiger charge is -1.97. The quantitative estimate of drug-likeness (QED) is 0.643. The Morgan fingerprint density at radius 1 is 1.53 bits per heavy atom. The first-order valence-electron chi connectivity index (χ1n) is 4.26. The van der Waals surface area contributed by atoms with Gasteiger partial charge in [-0.25, -0.2) is 9.71 Å². The molecule has 15 heavy (non-hydrogen) atoms. The third kappa shape index (κ3) is 2.46. The maximum atomic E-state index is 11.5. The molecule has 0 aliphatic rings. The van der Waals surface area contributed by atoms with E-state index in [1.807, 2.05) is 13.8 Å². The SMILES string of the molecule is Cc1nc(C(C)C)sc1S(=O)(=O)NC#N. The molecule has 1 N–H and O–H groups in total. The highest BCUT2D eigenvalue weighted by Gasteiger charge is 2.22. The van der Waals surface area contributed by atoms with Crippen molar-refractivity contribution in [3.8, 4) is 6.19 Å². The maximum Gasteiger partial charge on any atom is 0.281 e. The number of nitriles is 1. The van der Waals surface area contributed by atoms with E-state index in [9.17, 15) is 8.42 Å². The lowest BCUT2D eigenvalue weighted by Crippen LogP contribution is -2.17. The van der Waals surface area contributed by atoms with Crippen LogP contribution in [0.4, 0.5) is 0 Å². The van der Waals surface area contributed by atoms with E-state index in [-0.39, 0.29) is 10.1 Å². The molecule has 1 aromatic rings. The van der Waals surface area contributed by atoms with Crippen LogP contribution in [0.25, 0.3) is 0 Å². The number of rotatable bonds is 3. The lowest BCUT2D eigenvalue weighted by atomic mass is 10.2. The summed E-state index contributed by atoms with van der Waals surface area (Å²) in [4.78, 5) is 4.15. The third-order valence-electron chi connectivity index (χ3n) is 1.69. The van der Waals surface area contributed by atoms with Crippen molar-refractivity contribution in [2.45, 2.75) is 30.9 Å². The fourth-order valence-electron chi connectivity index (χ4n) is 1.01.